The molecule has 3 rings (SSSR count). The number of pyridine rings is 1. The van der Waals surface area contributed by atoms with Gasteiger partial charge in [0.2, 0.25) is 0 Å². The fourth-order valence-corrected chi connectivity index (χ4v) is 3.00. The number of likely N-dealkylation sites (tertiary alicyclic amines) is 1. The molecule has 0 aliphatic carbocycles. The highest BCUT2D eigenvalue weighted by molar-refractivity contribution is 5.94. The summed E-state index contributed by atoms with van der Waals surface area (Å²) in [6.45, 7) is 1.22. The maximum Gasteiger partial charge on any atom is 0.317 e. The van der Waals surface area contributed by atoms with Crippen LogP contribution in [0.5, 0.6) is 0 Å². The van der Waals surface area contributed by atoms with Crippen LogP contribution >= 0.6 is 0 Å². The van der Waals surface area contributed by atoms with Gasteiger partial charge in [0, 0.05) is 37.9 Å². The fraction of sp³-hybridized carbons (Fsp3) is 0.316. The number of rotatable bonds is 3. The van der Waals surface area contributed by atoms with Crippen molar-refractivity contribution >= 4 is 11.9 Å². The van der Waals surface area contributed by atoms with Gasteiger partial charge in [-0.1, -0.05) is 12.1 Å². The first kappa shape index (κ1) is 17.8. The molecule has 0 unspecified atom stereocenters. The third-order valence-electron chi connectivity index (χ3n) is 4.48. The van der Waals surface area contributed by atoms with Gasteiger partial charge in [-0.3, -0.25) is 9.78 Å². The predicted octanol–water partition coefficient (Wildman–Crippen LogP) is 2.42. The summed E-state index contributed by atoms with van der Waals surface area (Å²) in [6.07, 6.45) is 2.93. The van der Waals surface area contributed by atoms with Crippen LogP contribution in [0.1, 0.15) is 23.2 Å². The standard InChI is InChI=1S/C19H21FN4O2/c1-21-19(26)24-9-7-16(8-10-24)23-18(25)14-5-6-17(22-12-14)13-3-2-4-15(20)11-13/h2-6,11-12,16H,7-10H2,1H3,(H,21,26)(H,23,25). The van der Waals surface area contributed by atoms with E-state index < -0.39 is 0 Å². The van der Waals surface area contributed by atoms with Crippen LogP contribution < -0.4 is 10.6 Å². The van der Waals surface area contributed by atoms with Gasteiger partial charge in [0.05, 0.1) is 11.3 Å². The number of hydrogen-bond acceptors (Lipinski definition) is 3. The van der Waals surface area contributed by atoms with Gasteiger partial charge in [0.15, 0.2) is 0 Å². The summed E-state index contributed by atoms with van der Waals surface area (Å²) in [5.41, 5.74) is 1.73. The molecule has 26 heavy (non-hydrogen) atoms. The number of halogens is 1. The quantitative estimate of drug-likeness (QED) is 0.887. The molecule has 0 saturated carbocycles. The molecule has 0 atom stereocenters. The number of urea groups is 1. The summed E-state index contributed by atoms with van der Waals surface area (Å²) >= 11 is 0. The van der Waals surface area contributed by atoms with E-state index in [0.29, 0.717) is 42.8 Å². The number of nitrogens with one attached hydrogen (secondary N) is 2. The predicted molar refractivity (Wildman–Crippen MR) is 96.1 cm³/mol. The summed E-state index contributed by atoms with van der Waals surface area (Å²) < 4.78 is 13.3. The average molecular weight is 356 g/mol. The Kier molecular flexibility index (Phi) is 5.46. The topological polar surface area (TPSA) is 74.3 Å². The maximum absolute atomic E-state index is 13.3. The lowest BCUT2D eigenvalue weighted by Crippen LogP contribution is -2.48. The van der Waals surface area contributed by atoms with Crippen LogP contribution in [0.3, 0.4) is 0 Å². The first-order chi connectivity index (χ1) is 12.6. The van der Waals surface area contributed by atoms with E-state index in [2.05, 4.69) is 15.6 Å². The van der Waals surface area contributed by atoms with E-state index in [1.807, 2.05) is 0 Å². The second-order valence-corrected chi connectivity index (χ2v) is 6.23. The summed E-state index contributed by atoms with van der Waals surface area (Å²) in [5, 5.41) is 5.59. The minimum Gasteiger partial charge on any atom is -0.349 e. The Bertz CT molecular complexity index is 786. The molecule has 1 aromatic heterocycles. The van der Waals surface area contributed by atoms with E-state index in [1.54, 1.807) is 36.2 Å². The van der Waals surface area contributed by atoms with Crippen LogP contribution in [-0.4, -0.2) is 48.0 Å². The summed E-state index contributed by atoms with van der Waals surface area (Å²) in [5.74, 6) is -0.518. The maximum atomic E-state index is 13.3. The molecule has 2 N–H and O–H groups in total. The first-order valence-corrected chi connectivity index (χ1v) is 8.56. The highest BCUT2D eigenvalue weighted by atomic mass is 19.1. The van der Waals surface area contributed by atoms with Crippen LogP contribution in [-0.2, 0) is 0 Å². The van der Waals surface area contributed by atoms with Crippen molar-refractivity contribution < 1.29 is 14.0 Å². The van der Waals surface area contributed by atoms with E-state index in [9.17, 15) is 14.0 Å². The van der Waals surface area contributed by atoms with Crippen molar-refractivity contribution in [1.82, 2.24) is 20.5 Å². The van der Waals surface area contributed by atoms with Gasteiger partial charge in [-0.05, 0) is 37.1 Å². The Morgan fingerprint density at radius 2 is 1.96 bits per heavy atom. The average Bonchev–Trinajstić information content (AvgIpc) is 2.68. The van der Waals surface area contributed by atoms with Crippen molar-refractivity contribution in [3.63, 3.8) is 0 Å². The minimum atomic E-state index is -0.325. The third-order valence-corrected chi connectivity index (χ3v) is 4.48. The van der Waals surface area contributed by atoms with Crippen LogP contribution in [0.2, 0.25) is 0 Å². The molecule has 0 bridgehead atoms. The van der Waals surface area contributed by atoms with Crippen LogP contribution in [0.4, 0.5) is 9.18 Å². The highest BCUT2D eigenvalue weighted by Crippen LogP contribution is 2.18. The molecule has 1 aliphatic heterocycles. The van der Waals surface area contributed by atoms with E-state index >= 15 is 0 Å². The van der Waals surface area contributed by atoms with Gasteiger partial charge in [-0.25, -0.2) is 9.18 Å². The van der Waals surface area contributed by atoms with E-state index in [4.69, 9.17) is 0 Å². The van der Waals surface area contributed by atoms with Crippen LogP contribution in [0.25, 0.3) is 11.3 Å². The van der Waals surface area contributed by atoms with Crippen molar-refractivity contribution in [2.45, 2.75) is 18.9 Å². The van der Waals surface area contributed by atoms with E-state index in [-0.39, 0.29) is 23.8 Å². The number of nitrogens with zero attached hydrogens (tertiary/aromatic N) is 2. The lowest BCUT2D eigenvalue weighted by atomic mass is 10.0. The Labute approximate surface area is 151 Å². The number of carbonyl (C=O) groups excluding carboxylic acids is 2. The number of amides is 3. The Morgan fingerprint density at radius 3 is 2.58 bits per heavy atom. The lowest BCUT2D eigenvalue weighted by Gasteiger charge is -2.32. The van der Waals surface area contributed by atoms with Gasteiger partial charge < -0.3 is 15.5 Å². The van der Waals surface area contributed by atoms with Crippen molar-refractivity contribution in [3.8, 4) is 11.3 Å². The summed E-state index contributed by atoms with van der Waals surface area (Å²) in [7, 11) is 1.61. The zero-order valence-electron chi connectivity index (χ0n) is 14.5. The van der Waals surface area contributed by atoms with Gasteiger partial charge in [-0.2, -0.15) is 0 Å². The molecule has 7 heteroatoms. The smallest absolute Gasteiger partial charge is 0.317 e. The first-order valence-electron chi connectivity index (χ1n) is 8.56. The van der Waals surface area contributed by atoms with Crippen molar-refractivity contribution in [3.05, 3.63) is 54.0 Å². The second kappa shape index (κ2) is 7.95. The Morgan fingerprint density at radius 1 is 1.19 bits per heavy atom. The minimum absolute atomic E-state index is 0.0336. The number of carbonyl (C=O) groups is 2. The Hall–Kier alpha value is -2.96. The van der Waals surface area contributed by atoms with Crippen molar-refractivity contribution in [2.75, 3.05) is 20.1 Å². The molecule has 2 aromatic rings. The molecular formula is C19H21FN4O2. The van der Waals surface area contributed by atoms with E-state index in [1.165, 1.54) is 18.3 Å². The normalized spacial score (nSPS) is 14.8. The molecule has 0 spiro atoms. The summed E-state index contributed by atoms with van der Waals surface area (Å²) in [4.78, 5) is 30.0. The number of aromatic nitrogens is 1. The third kappa shape index (κ3) is 4.17. The molecule has 0 radical (unpaired) electrons. The monoisotopic (exact) mass is 356 g/mol. The van der Waals surface area contributed by atoms with E-state index in [0.717, 1.165) is 0 Å². The molecule has 1 saturated heterocycles. The zero-order valence-corrected chi connectivity index (χ0v) is 14.5. The SMILES string of the molecule is CNC(=O)N1CCC(NC(=O)c2ccc(-c3cccc(F)c3)nc2)CC1. The molecule has 3 amide bonds. The van der Waals surface area contributed by atoms with Gasteiger partial charge >= 0.3 is 6.03 Å². The number of benzene rings is 1. The molecule has 1 aliphatic rings. The fourth-order valence-electron chi connectivity index (χ4n) is 3.00. The lowest BCUT2D eigenvalue weighted by molar-refractivity contribution is 0.0918. The Balaban J connectivity index is 1.58. The molecular weight excluding hydrogens is 335 g/mol. The number of hydrogen-bond donors (Lipinski definition) is 2. The van der Waals surface area contributed by atoms with Crippen LogP contribution in [0, 0.1) is 5.82 Å². The van der Waals surface area contributed by atoms with Gasteiger partial charge in [0.25, 0.3) is 5.91 Å². The molecule has 6 nitrogen and oxygen atoms in total. The molecule has 1 fully saturated rings. The second-order valence-electron chi connectivity index (χ2n) is 6.23. The number of piperidine rings is 1. The summed E-state index contributed by atoms with van der Waals surface area (Å²) in [6, 6.07) is 9.50. The van der Waals surface area contributed by atoms with Gasteiger partial charge in [-0.15, -0.1) is 0 Å². The van der Waals surface area contributed by atoms with Gasteiger partial charge in [0.1, 0.15) is 5.82 Å². The van der Waals surface area contributed by atoms with Crippen LogP contribution in [0.15, 0.2) is 42.6 Å². The molecule has 1 aromatic carbocycles. The highest BCUT2D eigenvalue weighted by Gasteiger charge is 2.23. The molecule has 2 heterocycles. The largest absolute Gasteiger partial charge is 0.349 e. The molecule has 136 valence electrons. The van der Waals surface area contributed by atoms with Crippen molar-refractivity contribution in [1.29, 1.82) is 0 Å². The zero-order chi connectivity index (χ0) is 18.5. The van der Waals surface area contributed by atoms with Crippen molar-refractivity contribution in [2.24, 2.45) is 0 Å².